The number of rotatable bonds is 2. The van der Waals surface area contributed by atoms with E-state index in [-0.39, 0.29) is 5.91 Å². The Morgan fingerprint density at radius 2 is 1.86 bits per heavy atom. The molecular formula is C18H19ClN2O. The molecule has 2 aromatic carbocycles. The highest BCUT2D eigenvalue weighted by Gasteiger charge is 2.27. The van der Waals surface area contributed by atoms with Gasteiger partial charge in [0, 0.05) is 41.9 Å². The van der Waals surface area contributed by atoms with Crippen LogP contribution in [-0.2, 0) is 0 Å². The summed E-state index contributed by atoms with van der Waals surface area (Å²) in [5, 5.41) is 0.599. The van der Waals surface area contributed by atoms with Gasteiger partial charge in [-0.2, -0.15) is 0 Å². The van der Waals surface area contributed by atoms with Crippen molar-refractivity contribution in [1.29, 1.82) is 0 Å². The van der Waals surface area contributed by atoms with Crippen LogP contribution in [0.25, 0.3) is 0 Å². The van der Waals surface area contributed by atoms with Gasteiger partial charge in [-0.3, -0.25) is 4.79 Å². The highest BCUT2D eigenvalue weighted by atomic mass is 35.5. The van der Waals surface area contributed by atoms with Crippen LogP contribution in [0.15, 0.2) is 54.6 Å². The molecule has 1 amide bonds. The number of para-hydroxylation sites is 1. The van der Waals surface area contributed by atoms with Crippen LogP contribution in [0.5, 0.6) is 0 Å². The Kier molecular flexibility index (Phi) is 4.34. The fraction of sp³-hybridized carbons (Fsp3) is 0.278. The van der Waals surface area contributed by atoms with Crippen molar-refractivity contribution in [3.63, 3.8) is 0 Å². The van der Waals surface area contributed by atoms with E-state index in [0.29, 0.717) is 16.6 Å². The SMILES string of the molecule is CC1CN(C(=O)c2cccc(Cl)c2)CCN1c1ccccc1. The third kappa shape index (κ3) is 3.09. The molecule has 3 nitrogen and oxygen atoms in total. The second-order valence-electron chi connectivity index (χ2n) is 5.64. The van der Waals surface area contributed by atoms with E-state index in [4.69, 9.17) is 11.6 Å². The van der Waals surface area contributed by atoms with Crippen LogP contribution in [0.4, 0.5) is 5.69 Å². The summed E-state index contributed by atoms with van der Waals surface area (Å²) in [6.07, 6.45) is 0. The molecule has 0 saturated carbocycles. The molecule has 1 fully saturated rings. The molecule has 1 aliphatic rings. The number of halogens is 1. The summed E-state index contributed by atoms with van der Waals surface area (Å²) in [6, 6.07) is 17.8. The molecule has 1 atom stereocenters. The van der Waals surface area contributed by atoms with Gasteiger partial charge < -0.3 is 9.80 Å². The van der Waals surface area contributed by atoms with E-state index < -0.39 is 0 Å². The molecule has 1 aliphatic heterocycles. The lowest BCUT2D eigenvalue weighted by Crippen LogP contribution is -2.53. The zero-order valence-corrected chi connectivity index (χ0v) is 13.3. The van der Waals surface area contributed by atoms with Crippen molar-refractivity contribution in [2.24, 2.45) is 0 Å². The normalized spacial score (nSPS) is 18.4. The Balaban J connectivity index is 1.71. The quantitative estimate of drug-likeness (QED) is 0.844. The highest BCUT2D eigenvalue weighted by Crippen LogP contribution is 2.21. The van der Waals surface area contributed by atoms with Gasteiger partial charge in [0.2, 0.25) is 0 Å². The van der Waals surface area contributed by atoms with Gasteiger partial charge in [-0.25, -0.2) is 0 Å². The third-order valence-electron chi connectivity index (χ3n) is 4.07. The van der Waals surface area contributed by atoms with E-state index in [1.165, 1.54) is 5.69 Å². The van der Waals surface area contributed by atoms with Gasteiger partial charge >= 0.3 is 0 Å². The van der Waals surface area contributed by atoms with E-state index in [0.717, 1.165) is 19.6 Å². The van der Waals surface area contributed by atoms with Crippen LogP contribution >= 0.6 is 11.6 Å². The number of carbonyl (C=O) groups excluding carboxylic acids is 1. The molecule has 1 heterocycles. The summed E-state index contributed by atoms with van der Waals surface area (Å²) in [5.74, 6) is 0.0575. The topological polar surface area (TPSA) is 23.6 Å². The lowest BCUT2D eigenvalue weighted by molar-refractivity contribution is 0.0726. The van der Waals surface area contributed by atoms with Crippen molar-refractivity contribution in [2.45, 2.75) is 13.0 Å². The number of amides is 1. The van der Waals surface area contributed by atoms with E-state index in [1.807, 2.05) is 35.2 Å². The summed E-state index contributed by atoms with van der Waals surface area (Å²) < 4.78 is 0. The van der Waals surface area contributed by atoms with Crippen LogP contribution in [0.3, 0.4) is 0 Å². The Labute approximate surface area is 136 Å². The average Bonchev–Trinajstić information content (AvgIpc) is 2.55. The van der Waals surface area contributed by atoms with Crippen LogP contribution in [0, 0.1) is 0 Å². The molecule has 114 valence electrons. The maximum atomic E-state index is 12.6. The van der Waals surface area contributed by atoms with Gasteiger partial charge in [-0.05, 0) is 37.3 Å². The lowest BCUT2D eigenvalue weighted by atomic mass is 10.1. The fourth-order valence-corrected chi connectivity index (χ4v) is 3.14. The number of carbonyl (C=O) groups is 1. The second kappa shape index (κ2) is 6.41. The first-order chi connectivity index (χ1) is 10.6. The van der Waals surface area contributed by atoms with Gasteiger partial charge in [-0.15, -0.1) is 0 Å². The van der Waals surface area contributed by atoms with Crippen molar-refractivity contribution >= 4 is 23.2 Å². The zero-order valence-electron chi connectivity index (χ0n) is 12.6. The molecule has 1 unspecified atom stereocenters. The molecule has 4 heteroatoms. The van der Waals surface area contributed by atoms with Gasteiger partial charge in [0.15, 0.2) is 0 Å². The van der Waals surface area contributed by atoms with Gasteiger partial charge in [0.05, 0.1) is 0 Å². The molecule has 0 bridgehead atoms. The summed E-state index contributed by atoms with van der Waals surface area (Å²) in [4.78, 5) is 16.9. The predicted molar refractivity (Wildman–Crippen MR) is 90.6 cm³/mol. The van der Waals surface area contributed by atoms with E-state index in [2.05, 4.69) is 24.0 Å². The minimum atomic E-state index is 0.0575. The maximum absolute atomic E-state index is 12.6. The maximum Gasteiger partial charge on any atom is 0.254 e. The molecule has 0 spiro atoms. The van der Waals surface area contributed by atoms with Crippen molar-refractivity contribution in [3.8, 4) is 0 Å². The Morgan fingerprint density at radius 1 is 1.09 bits per heavy atom. The number of benzene rings is 2. The summed E-state index contributed by atoms with van der Waals surface area (Å²) in [6.45, 7) is 4.45. The van der Waals surface area contributed by atoms with Crippen molar-refractivity contribution in [2.75, 3.05) is 24.5 Å². The van der Waals surface area contributed by atoms with E-state index in [9.17, 15) is 4.79 Å². The Morgan fingerprint density at radius 3 is 2.55 bits per heavy atom. The molecule has 22 heavy (non-hydrogen) atoms. The number of anilines is 1. The summed E-state index contributed by atoms with van der Waals surface area (Å²) in [5.41, 5.74) is 1.87. The summed E-state index contributed by atoms with van der Waals surface area (Å²) in [7, 11) is 0. The molecule has 2 aromatic rings. The van der Waals surface area contributed by atoms with Gasteiger partial charge in [0.1, 0.15) is 0 Å². The standard InChI is InChI=1S/C18H19ClN2O/c1-14-13-20(18(22)15-6-5-7-16(19)12-15)10-11-21(14)17-8-3-2-4-9-17/h2-9,12,14H,10-11,13H2,1H3. The molecule has 0 aliphatic carbocycles. The van der Waals surface area contributed by atoms with Crippen molar-refractivity contribution in [1.82, 2.24) is 4.90 Å². The monoisotopic (exact) mass is 314 g/mol. The zero-order chi connectivity index (χ0) is 15.5. The van der Waals surface area contributed by atoms with Crippen LogP contribution in [-0.4, -0.2) is 36.5 Å². The fourth-order valence-electron chi connectivity index (χ4n) is 2.95. The van der Waals surface area contributed by atoms with E-state index in [1.54, 1.807) is 12.1 Å². The number of piperazine rings is 1. The van der Waals surface area contributed by atoms with Gasteiger partial charge in [-0.1, -0.05) is 35.9 Å². The predicted octanol–water partition coefficient (Wildman–Crippen LogP) is 3.69. The molecule has 0 N–H and O–H groups in total. The second-order valence-corrected chi connectivity index (χ2v) is 6.08. The molecule has 0 aromatic heterocycles. The summed E-state index contributed by atoms with van der Waals surface area (Å²) >= 11 is 5.98. The minimum absolute atomic E-state index is 0.0575. The smallest absolute Gasteiger partial charge is 0.254 e. The van der Waals surface area contributed by atoms with Crippen LogP contribution in [0.1, 0.15) is 17.3 Å². The Hall–Kier alpha value is -2.00. The first-order valence-corrected chi connectivity index (χ1v) is 7.89. The van der Waals surface area contributed by atoms with Crippen molar-refractivity contribution in [3.05, 3.63) is 65.2 Å². The largest absolute Gasteiger partial charge is 0.365 e. The van der Waals surface area contributed by atoms with Crippen molar-refractivity contribution < 1.29 is 4.79 Å². The Bertz CT molecular complexity index is 659. The first-order valence-electron chi connectivity index (χ1n) is 7.51. The number of nitrogens with zero attached hydrogens (tertiary/aromatic N) is 2. The van der Waals surface area contributed by atoms with Crippen LogP contribution in [0.2, 0.25) is 5.02 Å². The average molecular weight is 315 g/mol. The lowest BCUT2D eigenvalue weighted by Gasteiger charge is -2.41. The minimum Gasteiger partial charge on any atom is -0.365 e. The van der Waals surface area contributed by atoms with Crippen LogP contribution < -0.4 is 4.90 Å². The van der Waals surface area contributed by atoms with Gasteiger partial charge in [0.25, 0.3) is 5.91 Å². The molecular weight excluding hydrogens is 296 g/mol. The van der Waals surface area contributed by atoms with E-state index >= 15 is 0 Å². The highest BCUT2D eigenvalue weighted by molar-refractivity contribution is 6.30. The molecule has 0 radical (unpaired) electrons. The first kappa shape index (κ1) is 14.9. The molecule has 3 rings (SSSR count). The number of hydrogen-bond donors (Lipinski definition) is 0. The number of hydrogen-bond acceptors (Lipinski definition) is 2. The third-order valence-corrected chi connectivity index (χ3v) is 4.31. The molecule has 1 saturated heterocycles.